The molecule has 4 heteroatoms. The zero-order valence-corrected chi connectivity index (χ0v) is 11.3. The highest BCUT2D eigenvalue weighted by Crippen LogP contribution is 2.21. The van der Waals surface area contributed by atoms with Gasteiger partial charge in [0.05, 0.1) is 0 Å². The SMILES string of the molecule is CC1CC(C)CN(CCCC(C)(N)C(=O)O)C1. The number of rotatable bonds is 5. The summed E-state index contributed by atoms with van der Waals surface area (Å²) < 4.78 is 0. The van der Waals surface area contributed by atoms with Crippen LogP contribution in [0.2, 0.25) is 0 Å². The van der Waals surface area contributed by atoms with Gasteiger partial charge >= 0.3 is 5.97 Å². The molecule has 100 valence electrons. The van der Waals surface area contributed by atoms with Gasteiger partial charge in [-0.3, -0.25) is 4.79 Å². The van der Waals surface area contributed by atoms with E-state index in [2.05, 4.69) is 18.7 Å². The highest BCUT2D eigenvalue weighted by molar-refractivity contribution is 5.77. The number of hydrogen-bond acceptors (Lipinski definition) is 3. The van der Waals surface area contributed by atoms with Gasteiger partial charge in [-0.2, -0.15) is 0 Å². The predicted molar refractivity (Wildman–Crippen MR) is 68.8 cm³/mol. The number of likely N-dealkylation sites (tertiary alicyclic amines) is 1. The zero-order valence-electron chi connectivity index (χ0n) is 11.3. The van der Waals surface area contributed by atoms with E-state index < -0.39 is 11.5 Å². The molecule has 1 heterocycles. The second-order valence-corrected chi connectivity index (χ2v) is 6.03. The lowest BCUT2D eigenvalue weighted by Gasteiger charge is -2.35. The average Bonchev–Trinajstić information content (AvgIpc) is 2.15. The minimum Gasteiger partial charge on any atom is -0.480 e. The summed E-state index contributed by atoms with van der Waals surface area (Å²) in [7, 11) is 0. The van der Waals surface area contributed by atoms with Crippen LogP contribution in [0.4, 0.5) is 0 Å². The number of piperidine rings is 1. The standard InChI is InChI=1S/C13H26N2O2/c1-10-7-11(2)9-15(8-10)6-4-5-13(3,14)12(16)17/h10-11H,4-9,14H2,1-3H3,(H,16,17). The molecule has 0 aliphatic carbocycles. The third-order valence-corrected chi connectivity index (χ3v) is 3.60. The summed E-state index contributed by atoms with van der Waals surface area (Å²) >= 11 is 0. The molecule has 1 aliphatic rings. The molecule has 17 heavy (non-hydrogen) atoms. The van der Waals surface area contributed by atoms with Crippen molar-refractivity contribution >= 4 is 5.97 Å². The van der Waals surface area contributed by atoms with Gasteiger partial charge in [0.2, 0.25) is 0 Å². The van der Waals surface area contributed by atoms with E-state index in [1.807, 2.05) is 0 Å². The van der Waals surface area contributed by atoms with Gasteiger partial charge in [0.1, 0.15) is 5.54 Å². The third-order valence-electron chi connectivity index (χ3n) is 3.60. The Morgan fingerprint density at radius 1 is 1.41 bits per heavy atom. The van der Waals surface area contributed by atoms with Crippen LogP contribution in [-0.4, -0.2) is 41.1 Å². The van der Waals surface area contributed by atoms with Crippen LogP contribution >= 0.6 is 0 Å². The van der Waals surface area contributed by atoms with Crippen LogP contribution < -0.4 is 5.73 Å². The summed E-state index contributed by atoms with van der Waals surface area (Å²) in [5.41, 5.74) is 4.64. The molecule has 1 saturated heterocycles. The lowest BCUT2D eigenvalue weighted by molar-refractivity contribution is -0.143. The Morgan fingerprint density at radius 2 is 1.94 bits per heavy atom. The molecule has 0 aromatic heterocycles. The van der Waals surface area contributed by atoms with Crippen molar-refractivity contribution in [3.63, 3.8) is 0 Å². The average molecular weight is 242 g/mol. The summed E-state index contributed by atoms with van der Waals surface area (Å²) in [6.07, 6.45) is 2.71. The van der Waals surface area contributed by atoms with Crippen LogP contribution in [-0.2, 0) is 4.79 Å². The van der Waals surface area contributed by atoms with Gasteiger partial charge in [-0.1, -0.05) is 13.8 Å². The van der Waals surface area contributed by atoms with E-state index >= 15 is 0 Å². The predicted octanol–water partition coefficient (Wildman–Crippen LogP) is 1.55. The topological polar surface area (TPSA) is 66.6 Å². The maximum absolute atomic E-state index is 10.9. The number of hydrogen-bond donors (Lipinski definition) is 2. The molecule has 0 spiro atoms. The molecular formula is C13H26N2O2. The van der Waals surface area contributed by atoms with Crippen molar-refractivity contribution in [1.82, 2.24) is 4.90 Å². The fraction of sp³-hybridized carbons (Fsp3) is 0.923. The fourth-order valence-electron chi connectivity index (χ4n) is 2.75. The van der Waals surface area contributed by atoms with Crippen LogP contribution in [0.25, 0.3) is 0 Å². The van der Waals surface area contributed by atoms with Crippen molar-refractivity contribution in [2.45, 2.75) is 45.6 Å². The molecule has 0 aromatic rings. The normalized spacial score (nSPS) is 29.9. The number of carboxylic acid groups (broad SMARTS) is 1. The van der Waals surface area contributed by atoms with E-state index in [9.17, 15) is 4.79 Å². The third kappa shape index (κ3) is 4.64. The van der Waals surface area contributed by atoms with Gasteiger partial charge in [-0.15, -0.1) is 0 Å². The van der Waals surface area contributed by atoms with Gasteiger partial charge in [0, 0.05) is 13.1 Å². The second kappa shape index (κ2) is 5.83. The summed E-state index contributed by atoms with van der Waals surface area (Å²) in [6, 6.07) is 0. The van der Waals surface area contributed by atoms with Gasteiger partial charge in [0.25, 0.3) is 0 Å². The minimum atomic E-state index is -1.08. The monoisotopic (exact) mass is 242 g/mol. The van der Waals surface area contributed by atoms with Crippen LogP contribution in [0.15, 0.2) is 0 Å². The minimum absolute atomic E-state index is 0.543. The molecule has 1 fully saturated rings. The molecule has 0 saturated carbocycles. The first kappa shape index (κ1) is 14.5. The Hall–Kier alpha value is -0.610. The Kier molecular flexibility index (Phi) is 4.95. The van der Waals surface area contributed by atoms with Crippen LogP contribution in [0.1, 0.15) is 40.0 Å². The molecule has 0 bridgehead atoms. The van der Waals surface area contributed by atoms with Crippen LogP contribution in [0.3, 0.4) is 0 Å². The zero-order chi connectivity index (χ0) is 13.1. The highest BCUT2D eigenvalue weighted by Gasteiger charge is 2.28. The maximum atomic E-state index is 10.9. The Morgan fingerprint density at radius 3 is 2.41 bits per heavy atom. The molecule has 0 amide bonds. The van der Waals surface area contributed by atoms with E-state index in [0.717, 1.165) is 37.9 Å². The first-order valence-corrected chi connectivity index (χ1v) is 6.56. The molecule has 0 radical (unpaired) electrons. The number of carbonyl (C=O) groups is 1. The van der Waals surface area contributed by atoms with Gasteiger partial charge in [0.15, 0.2) is 0 Å². The van der Waals surface area contributed by atoms with E-state index in [0.29, 0.717) is 6.42 Å². The van der Waals surface area contributed by atoms with Crippen molar-refractivity contribution < 1.29 is 9.90 Å². The second-order valence-electron chi connectivity index (χ2n) is 6.03. The van der Waals surface area contributed by atoms with Crippen LogP contribution in [0, 0.1) is 11.8 Å². The number of nitrogens with two attached hydrogens (primary N) is 1. The number of nitrogens with zero attached hydrogens (tertiary/aromatic N) is 1. The van der Waals surface area contributed by atoms with Gasteiger partial charge < -0.3 is 15.7 Å². The molecule has 3 N–H and O–H groups in total. The number of carboxylic acids is 1. The Balaban J connectivity index is 2.29. The van der Waals surface area contributed by atoms with Gasteiger partial charge in [-0.25, -0.2) is 0 Å². The molecule has 3 unspecified atom stereocenters. The van der Waals surface area contributed by atoms with Crippen molar-refractivity contribution in [1.29, 1.82) is 0 Å². The Labute approximate surface area is 104 Å². The van der Waals surface area contributed by atoms with Crippen molar-refractivity contribution in [2.24, 2.45) is 17.6 Å². The van der Waals surface area contributed by atoms with Gasteiger partial charge in [-0.05, 0) is 44.6 Å². The number of aliphatic carboxylic acids is 1. The first-order chi connectivity index (χ1) is 7.81. The quantitative estimate of drug-likeness (QED) is 0.767. The summed E-state index contributed by atoms with van der Waals surface area (Å²) in [5, 5.41) is 8.92. The molecular weight excluding hydrogens is 216 g/mol. The summed E-state index contributed by atoms with van der Waals surface area (Å²) in [6.45, 7) is 9.41. The lowest BCUT2D eigenvalue weighted by atomic mass is 9.91. The molecule has 4 nitrogen and oxygen atoms in total. The fourth-order valence-corrected chi connectivity index (χ4v) is 2.75. The van der Waals surface area contributed by atoms with E-state index in [-0.39, 0.29) is 0 Å². The Bertz CT molecular complexity index is 256. The van der Waals surface area contributed by atoms with E-state index in [1.54, 1.807) is 6.92 Å². The molecule has 3 atom stereocenters. The first-order valence-electron chi connectivity index (χ1n) is 6.56. The van der Waals surface area contributed by atoms with E-state index in [1.165, 1.54) is 6.42 Å². The molecule has 1 rings (SSSR count). The van der Waals surface area contributed by atoms with E-state index in [4.69, 9.17) is 10.8 Å². The summed E-state index contributed by atoms with van der Waals surface area (Å²) in [4.78, 5) is 13.3. The maximum Gasteiger partial charge on any atom is 0.323 e. The van der Waals surface area contributed by atoms with Crippen LogP contribution in [0.5, 0.6) is 0 Å². The lowest BCUT2D eigenvalue weighted by Crippen LogP contribution is -2.46. The van der Waals surface area contributed by atoms with Crippen molar-refractivity contribution in [3.05, 3.63) is 0 Å². The highest BCUT2D eigenvalue weighted by atomic mass is 16.4. The molecule has 1 aliphatic heterocycles. The van der Waals surface area contributed by atoms with Crippen molar-refractivity contribution in [3.8, 4) is 0 Å². The smallest absolute Gasteiger partial charge is 0.323 e. The molecule has 0 aromatic carbocycles. The summed E-state index contributed by atoms with van der Waals surface area (Å²) in [5.74, 6) is 0.600. The largest absolute Gasteiger partial charge is 0.480 e. The van der Waals surface area contributed by atoms with Crippen molar-refractivity contribution in [2.75, 3.05) is 19.6 Å².